The van der Waals surface area contributed by atoms with E-state index in [0.717, 1.165) is 12.8 Å². The fourth-order valence-corrected chi connectivity index (χ4v) is 5.91. The smallest absolute Gasteiger partial charge is 0.408 e. The summed E-state index contributed by atoms with van der Waals surface area (Å²) in [6.07, 6.45) is 2.44. The van der Waals surface area contributed by atoms with Gasteiger partial charge in [-0.2, -0.15) is 0 Å². The zero-order valence-corrected chi connectivity index (χ0v) is 23.0. The van der Waals surface area contributed by atoms with Gasteiger partial charge in [-0.25, -0.2) is 17.6 Å². The summed E-state index contributed by atoms with van der Waals surface area (Å²) < 4.78 is 54.3. The van der Waals surface area contributed by atoms with Crippen LogP contribution in [0.15, 0.2) is 24.3 Å². The van der Waals surface area contributed by atoms with E-state index in [4.69, 9.17) is 4.74 Å². The fraction of sp³-hybridized carbons (Fsp3) is 0.654. The van der Waals surface area contributed by atoms with Gasteiger partial charge >= 0.3 is 6.09 Å². The highest BCUT2D eigenvalue weighted by Crippen LogP contribution is 2.36. The topological polar surface area (TPSA) is 174 Å². The van der Waals surface area contributed by atoms with Crippen LogP contribution in [0.5, 0.6) is 0 Å². The number of carbonyl (C=O) groups is 3. The highest BCUT2D eigenvalue weighted by molar-refractivity contribution is 7.86. The zero-order valence-electron chi connectivity index (χ0n) is 22.2. The van der Waals surface area contributed by atoms with Crippen molar-refractivity contribution in [2.45, 2.75) is 88.3 Å². The van der Waals surface area contributed by atoms with Gasteiger partial charge in [-0.3, -0.25) is 9.59 Å². The molecule has 1 aliphatic carbocycles. The summed E-state index contributed by atoms with van der Waals surface area (Å²) in [5.41, 5.74) is -2.68. The number of hydrogen-bond donors (Lipinski definition) is 4. The Morgan fingerprint density at radius 2 is 1.95 bits per heavy atom. The maximum absolute atomic E-state index is 13.7. The van der Waals surface area contributed by atoms with Gasteiger partial charge in [0.2, 0.25) is 11.8 Å². The average Bonchev–Trinajstić information content (AvgIpc) is 3.45. The van der Waals surface area contributed by atoms with E-state index >= 15 is 0 Å². The molecule has 1 saturated carbocycles. The summed E-state index contributed by atoms with van der Waals surface area (Å²) in [5.74, 6) is -2.37. The molecule has 0 radical (unpaired) electrons. The van der Waals surface area contributed by atoms with Crippen LogP contribution >= 0.6 is 0 Å². The average molecular weight is 571 g/mol. The van der Waals surface area contributed by atoms with Gasteiger partial charge in [0.05, 0.1) is 6.04 Å². The third-order valence-corrected chi connectivity index (χ3v) is 8.14. The second-order valence-electron chi connectivity index (χ2n) is 10.9. The first-order chi connectivity index (χ1) is 18.3. The van der Waals surface area contributed by atoms with E-state index in [-0.39, 0.29) is 24.7 Å². The van der Waals surface area contributed by atoms with Gasteiger partial charge in [0.1, 0.15) is 27.6 Å². The normalized spacial score (nSPS) is 21.2. The number of carbonyl (C=O) groups excluding carboxylic acids is 3. The number of alkyl carbamates (subject to hydrolysis) is 1. The van der Waals surface area contributed by atoms with Crippen molar-refractivity contribution in [3.8, 4) is 0 Å². The number of hydrogen-bond acceptors (Lipinski definition) is 8. The van der Waals surface area contributed by atoms with E-state index in [9.17, 15) is 36.9 Å². The minimum Gasteiger partial charge on any atom is -0.746 e. The van der Waals surface area contributed by atoms with Crippen LogP contribution in [0.2, 0.25) is 0 Å². The molecule has 1 aromatic carbocycles. The van der Waals surface area contributed by atoms with E-state index < -0.39 is 57.0 Å². The standard InChI is InChI=1S/C26H38FN3O8S/c1-16(2)12-20(23(32)29-21(24(33)39(35,36)37)14-18-8-11-28-22(18)31)30-25(34)38-26(9-3-4-10-26)15-17-6-5-7-19(27)13-17/h5-7,13,16,18,20-21,24,33H,3-4,8-12,14-15H2,1-2H3,(H,28,31)(H,29,32)(H,30,34)(H,35,36,37)/p-1/t18-,20-,21-,24?/m0/s1. The fourth-order valence-electron chi connectivity index (χ4n) is 5.33. The van der Waals surface area contributed by atoms with Crippen LogP contribution < -0.4 is 16.0 Å². The van der Waals surface area contributed by atoms with Crippen molar-refractivity contribution >= 4 is 28.0 Å². The van der Waals surface area contributed by atoms with Crippen LogP contribution in [0.1, 0.15) is 64.4 Å². The maximum Gasteiger partial charge on any atom is 0.408 e. The summed E-state index contributed by atoms with van der Waals surface area (Å²) in [6.45, 7) is 3.98. The van der Waals surface area contributed by atoms with Crippen molar-refractivity contribution in [3.05, 3.63) is 35.6 Å². The number of aliphatic hydroxyl groups excluding tert-OH is 1. The Balaban J connectivity index is 1.73. The lowest BCUT2D eigenvalue weighted by Gasteiger charge is -2.32. The second kappa shape index (κ2) is 13.1. The van der Waals surface area contributed by atoms with Gasteiger partial charge in [-0.15, -0.1) is 0 Å². The summed E-state index contributed by atoms with van der Waals surface area (Å²) in [4.78, 5) is 38.3. The predicted octanol–water partition coefficient (Wildman–Crippen LogP) is 1.70. The molecule has 4 N–H and O–H groups in total. The summed E-state index contributed by atoms with van der Waals surface area (Å²) in [6, 6.07) is 3.31. The van der Waals surface area contributed by atoms with E-state index in [1.165, 1.54) is 12.1 Å². The molecule has 3 amide bonds. The van der Waals surface area contributed by atoms with Crippen LogP contribution in [0.25, 0.3) is 0 Å². The zero-order chi connectivity index (χ0) is 28.8. The van der Waals surface area contributed by atoms with E-state index in [1.807, 2.05) is 13.8 Å². The summed E-state index contributed by atoms with van der Waals surface area (Å²) in [5, 5.41) is 17.7. The van der Waals surface area contributed by atoms with Crippen LogP contribution in [0, 0.1) is 17.7 Å². The third kappa shape index (κ3) is 8.87. The molecule has 0 spiro atoms. The maximum atomic E-state index is 13.7. The number of amides is 3. The first kappa shape index (κ1) is 30.8. The summed E-state index contributed by atoms with van der Waals surface area (Å²) in [7, 11) is -5.21. The van der Waals surface area contributed by atoms with Crippen LogP contribution in [0.3, 0.4) is 0 Å². The van der Waals surface area contributed by atoms with Crippen molar-refractivity contribution in [1.29, 1.82) is 0 Å². The lowest BCUT2D eigenvalue weighted by molar-refractivity contribution is -0.126. The molecule has 0 aromatic heterocycles. The Morgan fingerprint density at radius 3 is 2.51 bits per heavy atom. The number of nitrogens with one attached hydrogen (secondary N) is 3. The van der Waals surface area contributed by atoms with Gasteiger partial charge in [0, 0.05) is 18.9 Å². The first-order valence-electron chi connectivity index (χ1n) is 13.2. The molecule has 1 saturated heterocycles. The monoisotopic (exact) mass is 570 g/mol. The van der Waals surface area contributed by atoms with Crippen LogP contribution in [-0.4, -0.2) is 65.7 Å². The van der Waals surface area contributed by atoms with Crippen molar-refractivity contribution in [2.24, 2.45) is 11.8 Å². The van der Waals surface area contributed by atoms with Gasteiger partial charge in [0.25, 0.3) is 0 Å². The van der Waals surface area contributed by atoms with Gasteiger partial charge in [0.15, 0.2) is 5.44 Å². The van der Waals surface area contributed by atoms with E-state index in [2.05, 4.69) is 16.0 Å². The molecule has 2 aliphatic rings. The Hall–Kier alpha value is -2.77. The number of halogens is 1. The first-order valence-corrected chi connectivity index (χ1v) is 14.7. The van der Waals surface area contributed by atoms with E-state index in [1.54, 1.807) is 12.1 Å². The molecule has 39 heavy (non-hydrogen) atoms. The number of aliphatic hydroxyl groups is 1. The largest absolute Gasteiger partial charge is 0.746 e. The molecule has 0 bridgehead atoms. The molecule has 1 aromatic rings. The van der Waals surface area contributed by atoms with Crippen LogP contribution in [-0.2, 0) is 30.9 Å². The molecule has 13 heteroatoms. The molecule has 4 atom stereocenters. The molecule has 1 unspecified atom stereocenters. The molecule has 2 fully saturated rings. The highest BCUT2D eigenvalue weighted by Gasteiger charge is 2.40. The Kier molecular flexibility index (Phi) is 10.3. The van der Waals surface area contributed by atoms with Crippen LogP contribution in [0.4, 0.5) is 9.18 Å². The summed E-state index contributed by atoms with van der Waals surface area (Å²) >= 11 is 0. The SMILES string of the molecule is CC(C)C[C@H](NC(=O)OC1(Cc2cccc(F)c2)CCCC1)C(=O)N[C@@H](C[C@@H]1CCNC1=O)C(O)S(=O)(=O)[O-]. The minimum atomic E-state index is -5.21. The quantitative estimate of drug-likeness (QED) is 0.275. The van der Waals surface area contributed by atoms with Crippen molar-refractivity contribution in [1.82, 2.24) is 16.0 Å². The molecular weight excluding hydrogens is 533 g/mol. The minimum absolute atomic E-state index is 0.0824. The van der Waals surface area contributed by atoms with Crippen molar-refractivity contribution in [3.63, 3.8) is 0 Å². The second-order valence-corrected chi connectivity index (χ2v) is 12.4. The highest BCUT2D eigenvalue weighted by atomic mass is 32.2. The molecule has 3 rings (SSSR count). The lowest BCUT2D eigenvalue weighted by atomic mass is 9.92. The van der Waals surface area contributed by atoms with Gasteiger partial charge in [-0.05, 0) is 68.6 Å². The molecule has 11 nitrogen and oxygen atoms in total. The lowest BCUT2D eigenvalue weighted by Crippen LogP contribution is -2.55. The molecule has 1 aliphatic heterocycles. The number of ether oxygens (including phenoxy) is 1. The van der Waals surface area contributed by atoms with Gasteiger partial charge in [-0.1, -0.05) is 26.0 Å². The Bertz CT molecular complexity index is 1140. The number of benzene rings is 1. The van der Waals surface area contributed by atoms with Crippen molar-refractivity contribution < 1.29 is 41.6 Å². The Labute approximate surface area is 228 Å². The molecule has 1 heterocycles. The number of rotatable bonds is 12. The van der Waals surface area contributed by atoms with Gasteiger partial charge < -0.3 is 30.3 Å². The van der Waals surface area contributed by atoms with E-state index in [0.29, 0.717) is 37.8 Å². The predicted molar refractivity (Wildman–Crippen MR) is 138 cm³/mol. The Morgan fingerprint density at radius 1 is 1.26 bits per heavy atom. The van der Waals surface area contributed by atoms with Crippen molar-refractivity contribution in [2.75, 3.05) is 6.54 Å². The third-order valence-electron chi connectivity index (χ3n) is 7.22. The molecule has 218 valence electrons. The molecular formula is C26H37FN3O8S-.